The molecule has 0 radical (unpaired) electrons. The fraction of sp³-hybridized carbons (Fsp3) is 0. The van der Waals surface area contributed by atoms with E-state index < -0.39 is 0 Å². The third kappa shape index (κ3) is 5.20. The van der Waals surface area contributed by atoms with Crippen LogP contribution in [0.25, 0.3) is 104 Å². The van der Waals surface area contributed by atoms with Gasteiger partial charge in [0.1, 0.15) is 22.3 Å². The summed E-state index contributed by atoms with van der Waals surface area (Å²) in [6.45, 7) is 0. The quantitative estimate of drug-likeness (QED) is 0.168. The average molecular weight is 793 g/mol. The average Bonchev–Trinajstić information content (AvgIpc) is 4.02. The molecule has 4 nitrogen and oxygen atoms in total. The van der Waals surface area contributed by atoms with Crippen molar-refractivity contribution in [3.8, 4) is 27.9 Å². The molecule has 0 aliphatic carbocycles. The zero-order chi connectivity index (χ0) is 40.7. The van der Waals surface area contributed by atoms with E-state index in [0.717, 1.165) is 94.1 Å². The maximum atomic E-state index is 6.77. The maximum Gasteiger partial charge on any atom is 0.143 e. The van der Waals surface area contributed by atoms with Crippen LogP contribution < -0.4 is 4.90 Å². The van der Waals surface area contributed by atoms with E-state index in [1.165, 1.54) is 27.4 Å². The topological polar surface area (TPSA) is 34.5 Å². The van der Waals surface area contributed by atoms with E-state index in [1.54, 1.807) is 0 Å². The number of benzene rings is 10. The molecule has 0 amide bonds. The van der Waals surface area contributed by atoms with Crippen molar-refractivity contribution >= 4 is 93.5 Å². The largest absolute Gasteiger partial charge is 0.456 e. The number of hydrogen-bond donors (Lipinski definition) is 0. The first-order valence-corrected chi connectivity index (χ1v) is 21.1. The van der Waals surface area contributed by atoms with Crippen molar-refractivity contribution in [1.82, 2.24) is 4.57 Å². The van der Waals surface area contributed by atoms with Crippen molar-refractivity contribution in [2.75, 3.05) is 4.90 Å². The Morgan fingerprint density at radius 1 is 0.355 bits per heavy atom. The number of rotatable bonds is 6. The van der Waals surface area contributed by atoms with E-state index >= 15 is 0 Å². The van der Waals surface area contributed by atoms with Gasteiger partial charge >= 0.3 is 0 Å². The lowest BCUT2D eigenvalue weighted by molar-refractivity contribution is 0.669. The molecule has 0 aliphatic heterocycles. The SMILES string of the molecule is c1ccc(-n2c3ccccc3c3c(-c4ccc(N(c5ccccc5-c5ccc6oc7ccccc7c6c5)c5cccc6oc7c8ccccc8ccc7c56)cc4)cccc32)cc1. The normalized spacial score (nSPS) is 11.9. The minimum absolute atomic E-state index is 0.848. The number of aromatic nitrogens is 1. The molecule has 10 aromatic carbocycles. The molecule has 4 heteroatoms. The highest BCUT2D eigenvalue weighted by atomic mass is 16.3. The van der Waals surface area contributed by atoms with E-state index in [4.69, 9.17) is 8.83 Å². The fourth-order valence-corrected chi connectivity index (χ4v) is 9.84. The van der Waals surface area contributed by atoms with Gasteiger partial charge in [0.15, 0.2) is 0 Å². The van der Waals surface area contributed by atoms with Gasteiger partial charge < -0.3 is 18.3 Å². The third-order valence-corrected chi connectivity index (χ3v) is 12.6. The molecule has 3 aromatic heterocycles. The highest BCUT2D eigenvalue weighted by Crippen LogP contribution is 2.48. The van der Waals surface area contributed by atoms with Crippen LogP contribution in [0.3, 0.4) is 0 Å². The molecule has 0 spiro atoms. The van der Waals surface area contributed by atoms with E-state index in [-0.39, 0.29) is 0 Å². The Balaban J connectivity index is 1.03. The van der Waals surface area contributed by atoms with Gasteiger partial charge in [0.2, 0.25) is 0 Å². The second-order valence-electron chi connectivity index (χ2n) is 16.0. The van der Waals surface area contributed by atoms with E-state index in [9.17, 15) is 0 Å². The molecule has 0 fully saturated rings. The van der Waals surface area contributed by atoms with Gasteiger partial charge in [-0.3, -0.25) is 0 Å². The van der Waals surface area contributed by atoms with Gasteiger partial charge in [-0.25, -0.2) is 0 Å². The molecule has 62 heavy (non-hydrogen) atoms. The Morgan fingerprint density at radius 2 is 1.02 bits per heavy atom. The van der Waals surface area contributed by atoms with Gasteiger partial charge in [-0.15, -0.1) is 0 Å². The monoisotopic (exact) mass is 792 g/mol. The number of para-hydroxylation sites is 4. The summed E-state index contributed by atoms with van der Waals surface area (Å²) in [4.78, 5) is 2.41. The van der Waals surface area contributed by atoms with Crippen LogP contribution in [0.15, 0.2) is 227 Å². The number of anilines is 3. The van der Waals surface area contributed by atoms with Gasteiger partial charge in [-0.05, 0) is 101 Å². The smallest absolute Gasteiger partial charge is 0.143 e. The summed E-state index contributed by atoms with van der Waals surface area (Å²) >= 11 is 0. The van der Waals surface area contributed by atoms with Crippen molar-refractivity contribution < 1.29 is 8.83 Å². The summed E-state index contributed by atoms with van der Waals surface area (Å²) in [6.07, 6.45) is 0. The molecule has 0 N–H and O–H groups in total. The highest BCUT2D eigenvalue weighted by molar-refractivity contribution is 6.20. The summed E-state index contributed by atoms with van der Waals surface area (Å²) < 4.78 is 15.4. The van der Waals surface area contributed by atoms with Crippen LogP contribution in [0.5, 0.6) is 0 Å². The minimum atomic E-state index is 0.848. The van der Waals surface area contributed by atoms with Crippen molar-refractivity contribution in [3.63, 3.8) is 0 Å². The lowest BCUT2D eigenvalue weighted by atomic mass is 9.97. The molecule has 0 atom stereocenters. The van der Waals surface area contributed by atoms with Gasteiger partial charge in [-0.2, -0.15) is 0 Å². The molecule has 0 saturated carbocycles. The molecule has 0 unspecified atom stereocenters. The molecule has 0 saturated heterocycles. The first-order chi connectivity index (χ1) is 30.8. The number of nitrogens with zero attached hydrogens (tertiary/aromatic N) is 2. The van der Waals surface area contributed by atoms with Crippen LogP contribution in [0.4, 0.5) is 17.1 Å². The molecular weight excluding hydrogens is 757 g/mol. The first kappa shape index (κ1) is 34.5. The van der Waals surface area contributed by atoms with E-state index in [1.807, 2.05) is 12.1 Å². The molecule has 13 aromatic rings. The predicted molar refractivity (Wildman–Crippen MR) is 258 cm³/mol. The van der Waals surface area contributed by atoms with Crippen LogP contribution in [0.1, 0.15) is 0 Å². The lowest BCUT2D eigenvalue weighted by Gasteiger charge is -2.28. The van der Waals surface area contributed by atoms with Crippen molar-refractivity contribution in [1.29, 1.82) is 0 Å². The van der Waals surface area contributed by atoms with Crippen LogP contribution in [0, 0.1) is 0 Å². The zero-order valence-corrected chi connectivity index (χ0v) is 33.5. The van der Waals surface area contributed by atoms with Crippen molar-refractivity contribution in [3.05, 3.63) is 218 Å². The predicted octanol–water partition coefficient (Wildman–Crippen LogP) is 16.5. The van der Waals surface area contributed by atoms with Gasteiger partial charge in [-0.1, -0.05) is 140 Å². The van der Waals surface area contributed by atoms with Crippen molar-refractivity contribution in [2.45, 2.75) is 0 Å². The second kappa shape index (κ2) is 13.6. The summed E-state index contributed by atoms with van der Waals surface area (Å²) in [5.41, 5.74) is 14.7. The first-order valence-electron chi connectivity index (χ1n) is 21.1. The van der Waals surface area contributed by atoms with Gasteiger partial charge in [0.25, 0.3) is 0 Å². The highest BCUT2D eigenvalue weighted by Gasteiger charge is 2.24. The third-order valence-electron chi connectivity index (χ3n) is 12.6. The maximum absolute atomic E-state index is 6.77. The molecule has 290 valence electrons. The number of fused-ring (bicyclic) bond motifs is 11. The van der Waals surface area contributed by atoms with Gasteiger partial charge in [0, 0.05) is 49.3 Å². The minimum Gasteiger partial charge on any atom is -0.456 e. The van der Waals surface area contributed by atoms with Crippen LogP contribution in [-0.2, 0) is 0 Å². The summed E-state index contributed by atoms with van der Waals surface area (Å²) in [5, 5.41) is 9.10. The second-order valence-corrected chi connectivity index (χ2v) is 16.0. The summed E-state index contributed by atoms with van der Waals surface area (Å²) in [5.74, 6) is 0. The molecule has 0 aliphatic rings. The summed E-state index contributed by atoms with van der Waals surface area (Å²) in [7, 11) is 0. The Labute approximate surface area is 356 Å². The van der Waals surface area contributed by atoms with E-state index in [0.29, 0.717) is 0 Å². The molecule has 3 heterocycles. The standard InChI is InChI=1S/C58H36N2O2/c1-2-15-40(16-3-1)59-50-23-10-7-20-46(50)56-43(21-12-24-51(56)59)38-28-32-41(33-29-38)60(52-25-13-27-55-57(52)47-34-30-37-14-4-5-18-44(37)58(47)62-55)49-22-9-6-17-42(49)39-31-35-54-48(36-39)45-19-8-11-26-53(45)61-54/h1-36H. The Hall–Kier alpha value is -8.34. The summed E-state index contributed by atoms with van der Waals surface area (Å²) in [6, 6.07) is 78.0. The number of furan rings is 2. The van der Waals surface area contributed by atoms with Crippen molar-refractivity contribution in [2.24, 2.45) is 0 Å². The van der Waals surface area contributed by atoms with Gasteiger partial charge in [0.05, 0.1) is 27.8 Å². The van der Waals surface area contributed by atoms with Crippen LogP contribution in [-0.4, -0.2) is 4.57 Å². The Bertz CT molecular complexity index is 3870. The van der Waals surface area contributed by atoms with Crippen LogP contribution >= 0.6 is 0 Å². The fourth-order valence-electron chi connectivity index (χ4n) is 9.84. The van der Waals surface area contributed by atoms with Crippen LogP contribution in [0.2, 0.25) is 0 Å². The lowest BCUT2D eigenvalue weighted by Crippen LogP contribution is -2.11. The Kier molecular flexibility index (Phi) is 7.57. The number of hydrogen-bond acceptors (Lipinski definition) is 3. The zero-order valence-electron chi connectivity index (χ0n) is 33.5. The molecular formula is C58H36N2O2. The molecule has 13 rings (SSSR count). The van der Waals surface area contributed by atoms with E-state index in [2.05, 4.69) is 216 Å². The molecule has 0 bridgehead atoms. The Morgan fingerprint density at radius 3 is 1.92 bits per heavy atom.